The Morgan fingerprint density at radius 3 is 2.65 bits per heavy atom. The zero-order valence-electron chi connectivity index (χ0n) is 11.6. The number of fused-ring (bicyclic) bond motifs is 3. The molecule has 104 valence electrons. The maximum atomic E-state index is 11.4. The van der Waals surface area contributed by atoms with Crippen LogP contribution in [0.15, 0.2) is 36.5 Å². The lowest BCUT2D eigenvalue weighted by atomic mass is 10.1. The highest BCUT2D eigenvalue weighted by molar-refractivity contribution is 6.07. The van der Waals surface area contributed by atoms with Crippen LogP contribution in [0, 0.1) is 0 Å². The summed E-state index contributed by atoms with van der Waals surface area (Å²) in [6.07, 6.45) is 2.92. The summed E-state index contributed by atoms with van der Waals surface area (Å²) in [5.74, 6) is 0.176. The summed E-state index contributed by atoms with van der Waals surface area (Å²) in [7, 11) is 0. The van der Waals surface area contributed by atoms with Gasteiger partial charge in [-0.25, -0.2) is 0 Å². The summed E-state index contributed by atoms with van der Waals surface area (Å²) in [5.41, 5.74) is 3.48. The van der Waals surface area contributed by atoms with Crippen molar-refractivity contribution in [3.8, 4) is 0 Å². The predicted molar refractivity (Wildman–Crippen MR) is 76.1 cm³/mol. The summed E-state index contributed by atoms with van der Waals surface area (Å²) < 4.78 is 2.04. The largest absolute Gasteiger partial charge is 1.00 e. The number of hydrogen-bond donors (Lipinski definition) is 1. The molecule has 0 fully saturated rings. The van der Waals surface area contributed by atoms with Gasteiger partial charge in [-0.3, -0.25) is 4.79 Å². The highest BCUT2D eigenvalue weighted by Crippen LogP contribution is 2.25. The van der Waals surface area contributed by atoms with Gasteiger partial charge in [0.2, 0.25) is 12.2 Å². The van der Waals surface area contributed by atoms with E-state index in [2.05, 4.69) is 36.2 Å². The van der Waals surface area contributed by atoms with Crippen LogP contribution in [0.5, 0.6) is 0 Å². The molecule has 3 aromatic rings. The van der Waals surface area contributed by atoms with Gasteiger partial charge < -0.3 is 22.0 Å². The third-order valence-electron chi connectivity index (χ3n) is 3.53. The zero-order chi connectivity index (χ0) is 13.4. The molecule has 0 aliphatic heterocycles. The second-order valence-corrected chi connectivity index (χ2v) is 4.91. The molecule has 0 amide bonds. The van der Waals surface area contributed by atoms with Crippen LogP contribution in [0.25, 0.3) is 21.8 Å². The van der Waals surface area contributed by atoms with Crippen molar-refractivity contribution in [3.63, 3.8) is 0 Å². The third kappa shape index (κ3) is 2.36. The average Bonchev–Trinajstić information content (AvgIpc) is 2.76. The van der Waals surface area contributed by atoms with Crippen LogP contribution in [0.1, 0.15) is 19.5 Å². The number of benzene rings is 1. The van der Waals surface area contributed by atoms with E-state index in [1.165, 1.54) is 16.5 Å². The maximum Gasteiger partial charge on any atom is 0.206 e. The average molecular weight is 333 g/mol. The Balaban J connectivity index is 0.00000147. The maximum absolute atomic E-state index is 11.4. The summed E-state index contributed by atoms with van der Waals surface area (Å²) in [5, 5.41) is 2.47. The topological polar surface area (TPSA) is 36.7 Å². The number of aromatic nitrogens is 2. The van der Waals surface area contributed by atoms with E-state index in [0.717, 1.165) is 17.5 Å². The van der Waals surface area contributed by atoms with E-state index in [1.807, 2.05) is 16.8 Å². The summed E-state index contributed by atoms with van der Waals surface area (Å²) in [6, 6.07) is 10.4. The molecule has 0 bridgehead atoms. The second kappa shape index (κ2) is 5.75. The Morgan fingerprint density at radius 2 is 1.95 bits per heavy atom. The SMILES string of the molecule is CCc1c2[nH]c3ccccc3c2cc[n+]1CC(C)=O.[Br-]. The van der Waals surface area contributed by atoms with Gasteiger partial charge in [-0.15, -0.1) is 0 Å². The van der Waals surface area contributed by atoms with Crippen LogP contribution in [0.3, 0.4) is 0 Å². The standard InChI is InChI=1S/C16H16N2O.BrH/c1-3-15-16-13(8-9-18(15)10-11(2)19)12-6-4-5-7-14(12)17-16;/h4-9H,3,10H2,1-2H3;1H. The fourth-order valence-electron chi connectivity index (χ4n) is 2.73. The van der Waals surface area contributed by atoms with Crippen molar-refractivity contribution < 1.29 is 26.3 Å². The summed E-state index contributed by atoms with van der Waals surface area (Å²) >= 11 is 0. The Morgan fingerprint density at radius 1 is 1.20 bits per heavy atom. The first-order valence-electron chi connectivity index (χ1n) is 6.62. The van der Waals surface area contributed by atoms with Gasteiger partial charge in [0.25, 0.3) is 0 Å². The number of carbonyl (C=O) groups excluding carboxylic acids is 1. The van der Waals surface area contributed by atoms with Gasteiger partial charge in [0.1, 0.15) is 5.52 Å². The molecule has 0 radical (unpaired) electrons. The molecular formula is C16H17BrN2O. The number of nitrogens with one attached hydrogen (secondary N) is 1. The van der Waals surface area contributed by atoms with E-state index in [9.17, 15) is 4.79 Å². The van der Waals surface area contributed by atoms with Crippen LogP contribution < -0.4 is 21.5 Å². The smallest absolute Gasteiger partial charge is 0.206 e. The predicted octanol–water partition coefficient (Wildman–Crippen LogP) is -0.236. The minimum Gasteiger partial charge on any atom is -1.00 e. The van der Waals surface area contributed by atoms with Gasteiger partial charge in [-0.05, 0) is 6.07 Å². The van der Waals surface area contributed by atoms with Crippen LogP contribution >= 0.6 is 0 Å². The van der Waals surface area contributed by atoms with Crippen molar-refractivity contribution in [2.45, 2.75) is 26.8 Å². The van der Waals surface area contributed by atoms with Crippen molar-refractivity contribution in [1.82, 2.24) is 4.98 Å². The number of aryl methyl sites for hydroxylation is 1. The van der Waals surface area contributed by atoms with E-state index in [0.29, 0.717) is 6.54 Å². The van der Waals surface area contributed by atoms with Crippen LogP contribution in [-0.4, -0.2) is 10.8 Å². The second-order valence-electron chi connectivity index (χ2n) is 4.91. The molecule has 3 rings (SSSR count). The number of Topliss-reactive ketones (excluding diaryl/α,β-unsaturated/α-hetero) is 1. The molecule has 0 unspecified atom stereocenters. The van der Waals surface area contributed by atoms with Crippen molar-refractivity contribution in [2.75, 3.05) is 0 Å². The van der Waals surface area contributed by atoms with Gasteiger partial charge in [0, 0.05) is 35.7 Å². The van der Waals surface area contributed by atoms with Gasteiger partial charge in [0.05, 0.1) is 0 Å². The molecule has 0 saturated carbocycles. The first kappa shape index (κ1) is 14.7. The number of carbonyl (C=O) groups is 1. The molecule has 0 saturated heterocycles. The zero-order valence-corrected chi connectivity index (χ0v) is 13.2. The van der Waals surface area contributed by atoms with Crippen molar-refractivity contribution >= 4 is 27.6 Å². The van der Waals surface area contributed by atoms with Gasteiger partial charge in [0.15, 0.2) is 12.0 Å². The Hall–Kier alpha value is -1.68. The number of H-pyrrole nitrogens is 1. The normalized spacial score (nSPS) is 10.7. The van der Waals surface area contributed by atoms with Crippen LogP contribution in [0.2, 0.25) is 0 Å². The minimum atomic E-state index is 0. The highest BCUT2D eigenvalue weighted by atomic mass is 79.9. The Bertz CT molecular complexity index is 777. The number of aromatic amines is 1. The molecule has 1 aromatic carbocycles. The van der Waals surface area contributed by atoms with E-state index < -0.39 is 0 Å². The van der Waals surface area contributed by atoms with Crippen molar-refractivity contribution in [1.29, 1.82) is 0 Å². The summed E-state index contributed by atoms with van der Waals surface area (Å²) in [6.45, 7) is 4.19. The highest BCUT2D eigenvalue weighted by Gasteiger charge is 2.17. The van der Waals surface area contributed by atoms with Gasteiger partial charge in [-0.2, -0.15) is 4.57 Å². The molecule has 0 aliphatic rings. The van der Waals surface area contributed by atoms with Crippen LogP contribution in [-0.2, 0) is 17.8 Å². The molecule has 0 aliphatic carbocycles. The van der Waals surface area contributed by atoms with Crippen LogP contribution in [0.4, 0.5) is 0 Å². The van der Waals surface area contributed by atoms with Crippen molar-refractivity contribution in [3.05, 3.63) is 42.2 Å². The monoisotopic (exact) mass is 332 g/mol. The number of nitrogens with zero attached hydrogens (tertiary/aromatic N) is 1. The Kier molecular flexibility index (Phi) is 4.23. The number of rotatable bonds is 3. The lowest BCUT2D eigenvalue weighted by Crippen LogP contribution is -3.00. The fourth-order valence-corrected chi connectivity index (χ4v) is 2.73. The number of halogens is 1. The van der Waals surface area contributed by atoms with E-state index >= 15 is 0 Å². The first-order chi connectivity index (χ1) is 9.20. The fraction of sp³-hybridized carbons (Fsp3) is 0.250. The lowest BCUT2D eigenvalue weighted by Gasteiger charge is -2.01. The molecule has 2 heterocycles. The van der Waals surface area contributed by atoms with Crippen molar-refractivity contribution in [2.24, 2.45) is 0 Å². The molecule has 20 heavy (non-hydrogen) atoms. The molecular weight excluding hydrogens is 316 g/mol. The van der Waals surface area contributed by atoms with E-state index in [-0.39, 0.29) is 22.8 Å². The third-order valence-corrected chi connectivity index (χ3v) is 3.53. The lowest BCUT2D eigenvalue weighted by molar-refractivity contribution is -0.690. The molecule has 3 nitrogen and oxygen atoms in total. The first-order valence-corrected chi connectivity index (χ1v) is 6.62. The molecule has 2 aromatic heterocycles. The quantitative estimate of drug-likeness (QED) is 0.661. The summed E-state index contributed by atoms with van der Waals surface area (Å²) in [4.78, 5) is 14.8. The van der Waals surface area contributed by atoms with E-state index in [1.54, 1.807) is 6.92 Å². The molecule has 1 N–H and O–H groups in total. The number of para-hydroxylation sites is 1. The minimum absolute atomic E-state index is 0. The Labute approximate surface area is 128 Å². The molecule has 4 heteroatoms. The van der Waals surface area contributed by atoms with E-state index in [4.69, 9.17) is 0 Å². The van der Waals surface area contributed by atoms with Gasteiger partial charge in [-0.1, -0.05) is 25.1 Å². The number of pyridine rings is 1. The number of ketones is 1. The molecule has 0 atom stereocenters. The number of hydrogen-bond acceptors (Lipinski definition) is 1. The van der Waals surface area contributed by atoms with Gasteiger partial charge >= 0.3 is 0 Å². The molecule has 0 spiro atoms.